The number of halogens is 1. The summed E-state index contributed by atoms with van der Waals surface area (Å²) >= 11 is 9.49. The minimum Gasteiger partial charge on any atom is -0.331 e. The van der Waals surface area contributed by atoms with Crippen molar-refractivity contribution in [1.29, 1.82) is 0 Å². The SMILES string of the molecule is CC(c1ccsc1)n1c(=S)[nH]c2cc(I)ccc21. The molecule has 0 fully saturated rings. The van der Waals surface area contributed by atoms with Crippen molar-refractivity contribution in [2.24, 2.45) is 0 Å². The number of imidazole rings is 1. The zero-order valence-electron chi connectivity index (χ0n) is 9.68. The third-order valence-electron chi connectivity index (χ3n) is 3.09. The summed E-state index contributed by atoms with van der Waals surface area (Å²) in [7, 11) is 0. The van der Waals surface area contributed by atoms with Gasteiger partial charge >= 0.3 is 0 Å². The number of fused-ring (bicyclic) bond motifs is 1. The molecule has 1 atom stereocenters. The summed E-state index contributed by atoms with van der Waals surface area (Å²) in [6, 6.07) is 8.79. The van der Waals surface area contributed by atoms with Gasteiger partial charge in [-0.25, -0.2) is 0 Å². The van der Waals surface area contributed by atoms with E-state index in [1.54, 1.807) is 11.3 Å². The van der Waals surface area contributed by atoms with Gasteiger partial charge in [0.15, 0.2) is 4.77 Å². The number of thiophene rings is 1. The third-order valence-corrected chi connectivity index (χ3v) is 4.76. The van der Waals surface area contributed by atoms with Crippen LogP contribution in [-0.2, 0) is 0 Å². The molecular formula is C13H11IN2S2. The largest absolute Gasteiger partial charge is 0.331 e. The number of aromatic amines is 1. The van der Waals surface area contributed by atoms with Gasteiger partial charge in [0.05, 0.1) is 17.1 Å². The molecule has 0 aliphatic rings. The average Bonchev–Trinajstić information content (AvgIpc) is 2.94. The minimum absolute atomic E-state index is 0.262. The predicted molar refractivity (Wildman–Crippen MR) is 88.0 cm³/mol. The van der Waals surface area contributed by atoms with Crippen molar-refractivity contribution in [3.8, 4) is 0 Å². The van der Waals surface area contributed by atoms with E-state index < -0.39 is 0 Å². The van der Waals surface area contributed by atoms with E-state index in [1.807, 2.05) is 0 Å². The molecule has 0 saturated heterocycles. The Kier molecular flexibility index (Phi) is 3.29. The van der Waals surface area contributed by atoms with E-state index in [9.17, 15) is 0 Å². The Labute approximate surface area is 128 Å². The number of nitrogens with zero attached hydrogens (tertiary/aromatic N) is 1. The van der Waals surface area contributed by atoms with Gasteiger partial charge in [-0.05, 0) is 82.3 Å². The van der Waals surface area contributed by atoms with Crippen LogP contribution in [0.1, 0.15) is 18.5 Å². The lowest BCUT2D eigenvalue weighted by atomic mass is 10.2. The standard InChI is InChI=1S/C13H11IN2S2/c1-8(9-4-5-18-7-9)16-12-3-2-10(14)6-11(12)15-13(16)17/h2-8H,1H3,(H,15,17). The van der Waals surface area contributed by atoms with E-state index in [0.29, 0.717) is 0 Å². The van der Waals surface area contributed by atoms with Gasteiger partial charge in [-0.15, -0.1) is 0 Å². The molecule has 0 aliphatic heterocycles. The molecule has 1 N–H and O–H groups in total. The van der Waals surface area contributed by atoms with E-state index in [4.69, 9.17) is 12.2 Å². The van der Waals surface area contributed by atoms with E-state index in [1.165, 1.54) is 14.7 Å². The van der Waals surface area contributed by atoms with Gasteiger partial charge in [0, 0.05) is 3.57 Å². The Morgan fingerprint density at radius 3 is 2.94 bits per heavy atom. The highest BCUT2D eigenvalue weighted by Gasteiger charge is 2.13. The highest BCUT2D eigenvalue weighted by molar-refractivity contribution is 14.1. The molecule has 1 aromatic carbocycles. The molecule has 2 nitrogen and oxygen atoms in total. The highest BCUT2D eigenvalue weighted by Crippen LogP contribution is 2.26. The first-order valence-corrected chi connectivity index (χ1v) is 8.01. The number of aromatic nitrogens is 2. The summed E-state index contributed by atoms with van der Waals surface area (Å²) in [5.41, 5.74) is 3.57. The minimum atomic E-state index is 0.262. The topological polar surface area (TPSA) is 20.7 Å². The summed E-state index contributed by atoms with van der Waals surface area (Å²) < 4.78 is 4.18. The molecule has 0 radical (unpaired) electrons. The van der Waals surface area contributed by atoms with Gasteiger partial charge < -0.3 is 9.55 Å². The predicted octanol–water partition coefficient (Wildman–Crippen LogP) is 4.97. The zero-order chi connectivity index (χ0) is 12.7. The summed E-state index contributed by atoms with van der Waals surface area (Å²) in [4.78, 5) is 3.29. The van der Waals surface area contributed by atoms with E-state index >= 15 is 0 Å². The van der Waals surface area contributed by atoms with Gasteiger partial charge in [0.1, 0.15) is 0 Å². The van der Waals surface area contributed by atoms with Crippen molar-refractivity contribution in [1.82, 2.24) is 9.55 Å². The monoisotopic (exact) mass is 386 g/mol. The first-order chi connectivity index (χ1) is 8.66. The maximum atomic E-state index is 5.45. The van der Waals surface area contributed by atoms with Crippen molar-refractivity contribution < 1.29 is 0 Å². The molecule has 0 amide bonds. The number of hydrogen-bond donors (Lipinski definition) is 1. The second-order valence-corrected chi connectivity index (χ2v) is 6.61. The van der Waals surface area contributed by atoms with Gasteiger partial charge in [0.2, 0.25) is 0 Å². The van der Waals surface area contributed by atoms with Crippen LogP contribution in [0.3, 0.4) is 0 Å². The molecule has 3 rings (SSSR count). The summed E-state index contributed by atoms with van der Waals surface area (Å²) in [5.74, 6) is 0. The Bertz CT molecular complexity index is 740. The van der Waals surface area contributed by atoms with Crippen LogP contribution in [0.4, 0.5) is 0 Å². The smallest absolute Gasteiger partial charge is 0.178 e. The molecular weight excluding hydrogens is 375 g/mol. The van der Waals surface area contributed by atoms with Crippen LogP contribution in [0.5, 0.6) is 0 Å². The van der Waals surface area contributed by atoms with Crippen molar-refractivity contribution >= 4 is 57.2 Å². The molecule has 92 valence electrons. The van der Waals surface area contributed by atoms with Gasteiger partial charge in [-0.3, -0.25) is 0 Å². The summed E-state index contributed by atoms with van der Waals surface area (Å²) in [6.07, 6.45) is 0. The zero-order valence-corrected chi connectivity index (χ0v) is 13.5. The number of nitrogens with one attached hydrogen (secondary N) is 1. The maximum Gasteiger partial charge on any atom is 0.178 e. The Hall–Kier alpha value is -0.660. The average molecular weight is 386 g/mol. The van der Waals surface area contributed by atoms with Crippen molar-refractivity contribution in [2.45, 2.75) is 13.0 Å². The molecule has 0 saturated carbocycles. The van der Waals surface area contributed by atoms with Crippen LogP contribution in [0.15, 0.2) is 35.0 Å². The Balaban J connectivity index is 2.23. The molecule has 2 aromatic heterocycles. The molecule has 0 aliphatic carbocycles. The van der Waals surface area contributed by atoms with E-state index in [0.717, 1.165) is 10.3 Å². The van der Waals surface area contributed by atoms with Crippen LogP contribution < -0.4 is 0 Å². The van der Waals surface area contributed by atoms with Crippen LogP contribution in [0.2, 0.25) is 0 Å². The highest BCUT2D eigenvalue weighted by atomic mass is 127. The van der Waals surface area contributed by atoms with Gasteiger partial charge in [0.25, 0.3) is 0 Å². The van der Waals surface area contributed by atoms with Crippen LogP contribution >= 0.6 is 46.1 Å². The Morgan fingerprint density at radius 2 is 2.22 bits per heavy atom. The molecule has 5 heteroatoms. The van der Waals surface area contributed by atoms with Crippen molar-refractivity contribution in [2.75, 3.05) is 0 Å². The number of H-pyrrole nitrogens is 1. The second kappa shape index (κ2) is 4.79. The van der Waals surface area contributed by atoms with Crippen molar-refractivity contribution in [3.63, 3.8) is 0 Å². The fraction of sp³-hybridized carbons (Fsp3) is 0.154. The Morgan fingerprint density at radius 1 is 1.39 bits per heavy atom. The lowest BCUT2D eigenvalue weighted by molar-refractivity contribution is 0.651. The lowest BCUT2D eigenvalue weighted by Gasteiger charge is -2.13. The van der Waals surface area contributed by atoms with Gasteiger partial charge in [-0.1, -0.05) is 0 Å². The molecule has 1 unspecified atom stereocenters. The van der Waals surface area contributed by atoms with E-state index in [2.05, 4.69) is 74.1 Å². The van der Waals surface area contributed by atoms with E-state index in [-0.39, 0.29) is 6.04 Å². The normalized spacial score (nSPS) is 13.0. The molecule has 2 heterocycles. The fourth-order valence-corrected chi connectivity index (χ4v) is 3.75. The van der Waals surface area contributed by atoms with Crippen molar-refractivity contribution in [3.05, 3.63) is 48.9 Å². The quantitative estimate of drug-likeness (QED) is 0.487. The number of benzene rings is 1. The van der Waals surface area contributed by atoms with Crippen LogP contribution in [0.25, 0.3) is 11.0 Å². The molecule has 0 bridgehead atoms. The first-order valence-electron chi connectivity index (χ1n) is 5.58. The summed E-state index contributed by atoms with van der Waals surface area (Å²) in [5, 5.41) is 4.28. The molecule has 0 spiro atoms. The summed E-state index contributed by atoms with van der Waals surface area (Å²) in [6.45, 7) is 2.18. The third kappa shape index (κ3) is 2.04. The van der Waals surface area contributed by atoms with Gasteiger partial charge in [-0.2, -0.15) is 11.3 Å². The van der Waals surface area contributed by atoms with Crippen LogP contribution in [-0.4, -0.2) is 9.55 Å². The molecule has 3 aromatic rings. The first kappa shape index (κ1) is 12.4. The van der Waals surface area contributed by atoms with Crippen LogP contribution in [0, 0.1) is 8.34 Å². The second-order valence-electron chi connectivity index (χ2n) is 4.19. The number of hydrogen-bond acceptors (Lipinski definition) is 2. The lowest BCUT2D eigenvalue weighted by Crippen LogP contribution is -2.05. The maximum absolute atomic E-state index is 5.45. The number of rotatable bonds is 2. The fourth-order valence-electron chi connectivity index (χ4n) is 2.15. The molecule has 18 heavy (non-hydrogen) atoms.